The van der Waals surface area contributed by atoms with Gasteiger partial charge in [0.25, 0.3) is 0 Å². The molecule has 0 aliphatic heterocycles. The minimum absolute atomic E-state index is 0.00213. The van der Waals surface area contributed by atoms with Crippen LogP contribution in [0.4, 0.5) is 4.79 Å². The van der Waals surface area contributed by atoms with Gasteiger partial charge >= 0.3 is 12.0 Å². The van der Waals surface area contributed by atoms with Gasteiger partial charge < -0.3 is 20.6 Å². The number of hydrogen-bond acceptors (Lipinski definition) is 3. The molecule has 7 heteroatoms. The van der Waals surface area contributed by atoms with Crippen LogP contribution in [0.15, 0.2) is 0 Å². The van der Waals surface area contributed by atoms with Crippen molar-refractivity contribution in [3.05, 3.63) is 0 Å². The van der Waals surface area contributed by atoms with Crippen LogP contribution in [0.2, 0.25) is 0 Å². The Hall–Kier alpha value is -1.79. The van der Waals surface area contributed by atoms with E-state index in [1.165, 1.54) is 11.9 Å². The topological polar surface area (TPSA) is 98.7 Å². The van der Waals surface area contributed by atoms with Crippen LogP contribution in [0.25, 0.3) is 0 Å². The Morgan fingerprint density at radius 3 is 2.47 bits per heavy atom. The third-order valence-electron chi connectivity index (χ3n) is 2.46. The maximum absolute atomic E-state index is 11.7. The van der Waals surface area contributed by atoms with Gasteiger partial charge in [-0.05, 0) is 19.8 Å². The van der Waals surface area contributed by atoms with Gasteiger partial charge in [-0.1, -0.05) is 6.92 Å². The van der Waals surface area contributed by atoms with Gasteiger partial charge in [0.1, 0.15) is 6.54 Å². The highest BCUT2D eigenvalue weighted by molar-refractivity contribution is 5.83. The third kappa shape index (κ3) is 8.87. The lowest BCUT2D eigenvalue weighted by Gasteiger charge is -2.20. The van der Waals surface area contributed by atoms with E-state index in [0.717, 1.165) is 6.42 Å². The number of carboxylic acid groups (broad SMARTS) is 1. The second-order valence-corrected chi connectivity index (χ2v) is 4.49. The molecule has 3 N–H and O–H groups in total. The number of hydrogen-bond donors (Lipinski definition) is 3. The van der Waals surface area contributed by atoms with Crippen LogP contribution in [0, 0.1) is 0 Å². The van der Waals surface area contributed by atoms with Gasteiger partial charge in [-0.25, -0.2) is 4.79 Å². The monoisotopic (exact) mass is 273 g/mol. The Morgan fingerprint density at radius 1 is 1.32 bits per heavy atom. The first-order valence-corrected chi connectivity index (χ1v) is 6.37. The summed E-state index contributed by atoms with van der Waals surface area (Å²) in [5.41, 5.74) is 0. The number of carboxylic acids is 1. The van der Waals surface area contributed by atoms with E-state index in [2.05, 4.69) is 10.6 Å². The molecule has 0 radical (unpaired) electrons. The summed E-state index contributed by atoms with van der Waals surface area (Å²) in [5.74, 6) is -1.11. The van der Waals surface area contributed by atoms with Gasteiger partial charge in [-0.15, -0.1) is 0 Å². The van der Waals surface area contributed by atoms with E-state index in [9.17, 15) is 14.4 Å². The molecule has 19 heavy (non-hydrogen) atoms. The summed E-state index contributed by atoms with van der Waals surface area (Å²) in [6.07, 6.45) is 1.20. The molecule has 0 heterocycles. The summed E-state index contributed by atoms with van der Waals surface area (Å²) in [4.78, 5) is 34.8. The average Bonchev–Trinajstić information content (AvgIpc) is 2.33. The molecular formula is C12H23N3O4. The first-order chi connectivity index (χ1) is 8.86. The second-order valence-electron chi connectivity index (χ2n) is 4.49. The van der Waals surface area contributed by atoms with E-state index in [-0.39, 0.29) is 30.9 Å². The molecule has 0 aromatic carbocycles. The van der Waals surface area contributed by atoms with Gasteiger partial charge in [0.2, 0.25) is 5.91 Å². The number of nitrogens with zero attached hydrogens (tertiary/aromatic N) is 1. The summed E-state index contributed by atoms with van der Waals surface area (Å²) in [7, 11) is 1.52. The highest BCUT2D eigenvalue weighted by Gasteiger charge is 2.15. The lowest BCUT2D eigenvalue weighted by atomic mass is 10.2. The quantitative estimate of drug-likeness (QED) is 0.596. The summed E-state index contributed by atoms with van der Waals surface area (Å²) < 4.78 is 0. The maximum atomic E-state index is 11.7. The summed E-state index contributed by atoms with van der Waals surface area (Å²) in [6, 6.07) is -0.630. The summed E-state index contributed by atoms with van der Waals surface area (Å²) in [6.45, 7) is 4.24. The van der Waals surface area contributed by atoms with E-state index < -0.39 is 5.97 Å². The van der Waals surface area contributed by atoms with Crippen molar-refractivity contribution in [1.29, 1.82) is 0 Å². The van der Waals surface area contributed by atoms with Crippen molar-refractivity contribution in [2.45, 2.75) is 39.2 Å². The van der Waals surface area contributed by atoms with Gasteiger partial charge in [-0.3, -0.25) is 9.59 Å². The predicted octanol–water partition coefficient (Wildman–Crippen LogP) is 0.407. The Morgan fingerprint density at radius 2 is 1.95 bits per heavy atom. The third-order valence-corrected chi connectivity index (χ3v) is 2.46. The molecule has 0 fully saturated rings. The van der Waals surface area contributed by atoms with Crippen molar-refractivity contribution >= 4 is 17.9 Å². The molecular weight excluding hydrogens is 250 g/mol. The Bertz CT molecular complexity index is 320. The highest BCUT2D eigenvalue weighted by Crippen LogP contribution is 1.97. The number of aliphatic carboxylic acids is 1. The van der Waals surface area contributed by atoms with Crippen molar-refractivity contribution in [3.63, 3.8) is 0 Å². The fourth-order valence-electron chi connectivity index (χ4n) is 1.34. The second kappa shape index (κ2) is 9.18. The zero-order valence-electron chi connectivity index (χ0n) is 11.7. The number of rotatable bonds is 8. The van der Waals surface area contributed by atoms with Crippen LogP contribution in [-0.4, -0.2) is 54.1 Å². The van der Waals surface area contributed by atoms with Gasteiger partial charge in [0.15, 0.2) is 0 Å². The van der Waals surface area contributed by atoms with E-state index in [4.69, 9.17) is 5.11 Å². The smallest absolute Gasteiger partial charge is 0.317 e. The molecule has 0 saturated carbocycles. The van der Waals surface area contributed by atoms with Crippen LogP contribution < -0.4 is 10.6 Å². The molecule has 0 rings (SSSR count). The lowest BCUT2D eigenvalue weighted by Crippen LogP contribution is -2.46. The zero-order valence-corrected chi connectivity index (χ0v) is 11.7. The van der Waals surface area contributed by atoms with Crippen molar-refractivity contribution in [3.8, 4) is 0 Å². The first kappa shape index (κ1) is 17.2. The molecule has 0 aliphatic rings. The van der Waals surface area contributed by atoms with Crippen LogP contribution in [-0.2, 0) is 9.59 Å². The minimum atomic E-state index is -0.895. The Balaban J connectivity index is 3.98. The molecule has 0 aromatic heterocycles. The fraction of sp³-hybridized carbons (Fsp3) is 0.750. The molecule has 7 nitrogen and oxygen atoms in total. The normalized spacial score (nSPS) is 11.5. The number of carbonyl (C=O) groups is 3. The van der Waals surface area contributed by atoms with Crippen molar-refractivity contribution in [2.24, 2.45) is 0 Å². The molecule has 0 spiro atoms. The van der Waals surface area contributed by atoms with Crippen molar-refractivity contribution in [1.82, 2.24) is 15.5 Å². The number of nitrogens with one attached hydrogen (secondary N) is 2. The van der Waals surface area contributed by atoms with Crippen molar-refractivity contribution < 1.29 is 19.5 Å². The van der Waals surface area contributed by atoms with E-state index >= 15 is 0 Å². The standard InChI is InChI=1S/C12H23N3O4/c1-4-7-13-10(16)8-15(3)12(19)14-9(2)5-6-11(17)18/h9H,4-8H2,1-3H3,(H,13,16)(H,14,19)(H,17,18). The van der Waals surface area contributed by atoms with Gasteiger partial charge in [-0.2, -0.15) is 0 Å². The maximum Gasteiger partial charge on any atom is 0.317 e. The number of urea groups is 1. The van der Waals surface area contributed by atoms with Crippen LogP contribution in [0.3, 0.4) is 0 Å². The highest BCUT2D eigenvalue weighted by atomic mass is 16.4. The molecule has 1 atom stereocenters. The summed E-state index contributed by atoms with van der Waals surface area (Å²) >= 11 is 0. The lowest BCUT2D eigenvalue weighted by molar-refractivity contribution is -0.137. The van der Waals surface area contributed by atoms with Crippen molar-refractivity contribution in [2.75, 3.05) is 20.1 Å². The molecule has 0 saturated heterocycles. The largest absolute Gasteiger partial charge is 0.481 e. The molecule has 3 amide bonds. The molecule has 1 unspecified atom stereocenters. The van der Waals surface area contributed by atoms with Crippen LogP contribution in [0.5, 0.6) is 0 Å². The SMILES string of the molecule is CCCNC(=O)CN(C)C(=O)NC(C)CCC(=O)O. The minimum Gasteiger partial charge on any atom is -0.481 e. The zero-order chi connectivity index (χ0) is 14.8. The predicted molar refractivity (Wildman–Crippen MR) is 70.8 cm³/mol. The molecule has 110 valence electrons. The number of amides is 3. The number of likely N-dealkylation sites (N-methyl/N-ethyl adjacent to an activating group) is 1. The van der Waals surface area contributed by atoms with Crippen LogP contribution >= 0.6 is 0 Å². The summed E-state index contributed by atoms with van der Waals surface area (Å²) in [5, 5.41) is 13.8. The molecule has 0 aromatic rings. The van der Waals surface area contributed by atoms with E-state index in [0.29, 0.717) is 13.0 Å². The average molecular weight is 273 g/mol. The molecule has 0 bridgehead atoms. The van der Waals surface area contributed by atoms with E-state index in [1.807, 2.05) is 6.92 Å². The molecule has 0 aliphatic carbocycles. The van der Waals surface area contributed by atoms with E-state index in [1.54, 1.807) is 6.92 Å². The Kier molecular flexibility index (Phi) is 8.32. The fourth-order valence-corrected chi connectivity index (χ4v) is 1.34. The Labute approximate surface area is 113 Å². The van der Waals surface area contributed by atoms with Gasteiger partial charge in [0.05, 0.1) is 0 Å². The van der Waals surface area contributed by atoms with Crippen LogP contribution in [0.1, 0.15) is 33.1 Å². The van der Waals surface area contributed by atoms with Gasteiger partial charge in [0, 0.05) is 26.1 Å². The first-order valence-electron chi connectivity index (χ1n) is 6.37. The number of carbonyl (C=O) groups excluding carboxylic acids is 2.